The second-order valence-electron chi connectivity index (χ2n) is 5.45. The molecule has 1 fully saturated rings. The first-order valence-corrected chi connectivity index (χ1v) is 7.74. The number of hydrogen-bond acceptors (Lipinski definition) is 2. The molecule has 1 aliphatic heterocycles. The van der Waals surface area contributed by atoms with Crippen molar-refractivity contribution in [2.24, 2.45) is 5.73 Å². The van der Waals surface area contributed by atoms with Gasteiger partial charge in [-0.15, -0.1) is 0 Å². The molecule has 5 heteroatoms. The molecular formula is C16H24FN3O. The molecule has 0 radical (unpaired) electrons. The van der Waals surface area contributed by atoms with E-state index in [2.05, 4.69) is 0 Å². The van der Waals surface area contributed by atoms with Crippen LogP contribution in [0.4, 0.5) is 14.9 Å². The summed E-state index contributed by atoms with van der Waals surface area (Å²) in [7, 11) is 0. The zero-order valence-electron chi connectivity index (χ0n) is 12.4. The molecule has 0 aliphatic carbocycles. The minimum absolute atomic E-state index is 0.0111. The van der Waals surface area contributed by atoms with Crippen LogP contribution in [0.5, 0.6) is 0 Å². The molecule has 1 saturated heterocycles. The molecule has 4 nitrogen and oxygen atoms in total. The maximum absolute atomic E-state index is 13.1. The lowest BCUT2D eigenvalue weighted by Crippen LogP contribution is -2.44. The van der Waals surface area contributed by atoms with E-state index in [1.165, 1.54) is 25.0 Å². The van der Waals surface area contributed by atoms with Gasteiger partial charge in [0.2, 0.25) is 0 Å². The summed E-state index contributed by atoms with van der Waals surface area (Å²) in [4.78, 5) is 16.4. The average Bonchev–Trinajstić information content (AvgIpc) is 2.78. The Balaban J connectivity index is 2.13. The molecule has 0 saturated carbocycles. The summed E-state index contributed by atoms with van der Waals surface area (Å²) in [6.45, 7) is 2.71. The molecule has 0 aromatic heterocycles. The van der Waals surface area contributed by atoms with Gasteiger partial charge in [0.1, 0.15) is 5.82 Å². The Hall–Kier alpha value is -1.62. The number of urea groups is 1. The van der Waals surface area contributed by atoms with Crippen LogP contribution < -0.4 is 10.6 Å². The smallest absolute Gasteiger partial charge is 0.324 e. The van der Waals surface area contributed by atoms with Gasteiger partial charge < -0.3 is 10.6 Å². The fourth-order valence-electron chi connectivity index (χ4n) is 2.64. The molecule has 1 aromatic carbocycles. The number of amides is 2. The second-order valence-corrected chi connectivity index (χ2v) is 5.45. The zero-order valence-corrected chi connectivity index (χ0v) is 12.4. The van der Waals surface area contributed by atoms with Crippen molar-refractivity contribution in [1.29, 1.82) is 0 Å². The number of benzene rings is 1. The highest BCUT2D eigenvalue weighted by molar-refractivity contribution is 5.92. The quantitative estimate of drug-likeness (QED) is 0.928. The van der Waals surface area contributed by atoms with Crippen LogP contribution in [0, 0.1) is 5.82 Å². The number of rotatable bonds is 4. The number of nitrogens with zero attached hydrogens (tertiary/aromatic N) is 2. The Bertz CT molecular complexity index is 441. The van der Waals surface area contributed by atoms with E-state index in [1.54, 1.807) is 17.0 Å². The first-order valence-electron chi connectivity index (χ1n) is 7.74. The van der Waals surface area contributed by atoms with Gasteiger partial charge in [0.05, 0.1) is 0 Å². The summed E-state index contributed by atoms with van der Waals surface area (Å²) in [5.74, 6) is -0.292. The molecule has 1 aromatic rings. The zero-order chi connectivity index (χ0) is 15.1. The van der Waals surface area contributed by atoms with E-state index in [-0.39, 0.29) is 11.8 Å². The largest absolute Gasteiger partial charge is 0.330 e. The van der Waals surface area contributed by atoms with Gasteiger partial charge in [-0.2, -0.15) is 0 Å². The molecule has 0 unspecified atom stereocenters. The maximum atomic E-state index is 13.1. The van der Waals surface area contributed by atoms with Crippen molar-refractivity contribution in [2.45, 2.75) is 32.1 Å². The summed E-state index contributed by atoms with van der Waals surface area (Å²) < 4.78 is 13.1. The third-order valence-corrected chi connectivity index (χ3v) is 3.83. The highest BCUT2D eigenvalue weighted by Gasteiger charge is 2.22. The highest BCUT2D eigenvalue weighted by atomic mass is 19.1. The normalized spacial score (nSPS) is 15.6. The third-order valence-electron chi connectivity index (χ3n) is 3.83. The molecule has 116 valence electrons. The lowest BCUT2D eigenvalue weighted by Gasteiger charge is -2.30. The van der Waals surface area contributed by atoms with E-state index in [1.807, 2.05) is 4.90 Å². The van der Waals surface area contributed by atoms with Crippen molar-refractivity contribution < 1.29 is 9.18 Å². The molecule has 0 bridgehead atoms. The summed E-state index contributed by atoms with van der Waals surface area (Å²) in [5, 5.41) is 0. The fourth-order valence-corrected chi connectivity index (χ4v) is 2.64. The van der Waals surface area contributed by atoms with Gasteiger partial charge in [0.25, 0.3) is 0 Å². The van der Waals surface area contributed by atoms with Gasteiger partial charge in [0.15, 0.2) is 0 Å². The number of carbonyl (C=O) groups is 1. The van der Waals surface area contributed by atoms with Crippen LogP contribution >= 0.6 is 0 Å². The Kier molecular flexibility index (Phi) is 5.99. The molecule has 2 amide bonds. The molecule has 1 heterocycles. The molecule has 21 heavy (non-hydrogen) atoms. The molecule has 2 rings (SSSR count). The van der Waals surface area contributed by atoms with Gasteiger partial charge in [-0.05, 0) is 50.1 Å². The minimum atomic E-state index is -0.292. The van der Waals surface area contributed by atoms with Crippen LogP contribution in [0.3, 0.4) is 0 Å². The van der Waals surface area contributed by atoms with Crippen molar-refractivity contribution in [3.8, 4) is 0 Å². The van der Waals surface area contributed by atoms with Crippen LogP contribution in [0.1, 0.15) is 32.1 Å². The minimum Gasteiger partial charge on any atom is -0.330 e. The van der Waals surface area contributed by atoms with Gasteiger partial charge in [-0.25, -0.2) is 9.18 Å². The Labute approximate surface area is 125 Å². The van der Waals surface area contributed by atoms with Crippen molar-refractivity contribution in [3.05, 3.63) is 30.1 Å². The van der Waals surface area contributed by atoms with E-state index in [0.717, 1.165) is 38.0 Å². The van der Waals surface area contributed by atoms with Gasteiger partial charge in [-0.1, -0.05) is 12.8 Å². The van der Waals surface area contributed by atoms with E-state index < -0.39 is 0 Å². The summed E-state index contributed by atoms with van der Waals surface area (Å²) in [6.07, 6.45) is 5.21. The number of nitrogens with two attached hydrogens (primary N) is 1. The van der Waals surface area contributed by atoms with Gasteiger partial charge in [0, 0.05) is 25.3 Å². The van der Waals surface area contributed by atoms with E-state index >= 15 is 0 Å². The van der Waals surface area contributed by atoms with Crippen LogP contribution in [-0.2, 0) is 0 Å². The molecule has 2 N–H and O–H groups in total. The Morgan fingerprint density at radius 2 is 1.76 bits per heavy atom. The Morgan fingerprint density at radius 3 is 2.33 bits per heavy atom. The second kappa shape index (κ2) is 7.98. The third kappa shape index (κ3) is 4.43. The first kappa shape index (κ1) is 15.8. The topological polar surface area (TPSA) is 49.6 Å². The molecule has 0 spiro atoms. The fraction of sp³-hybridized carbons (Fsp3) is 0.562. The number of halogens is 1. The van der Waals surface area contributed by atoms with Crippen LogP contribution in [0.2, 0.25) is 0 Å². The Morgan fingerprint density at radius 1 is 1.14 bits per heavy atom. The molecule has 1 aliphatic rings. The number of likely N-dealkylation sites (tertiary alicyclic amines) is 1. The lowest BCUT2D eigenvalue weighted by atomic mass is 10.2. The monoisotopic (exact) mass is 293 g/mol. The summed E-state index contributed by atoms with van der Waals surface area (Å²) in [5.41, 5.74) is 6.31. The van der Waals surface area contributed by atoms with Crippen LogP contribution in [-0.4, -0.2) is 37.1 Å². The highest BCUT2D eigenvalue weighted by Crippen LogP contribution is 2.19. The average molecular weight is 293 g/mol. The van der Waals surface area contributed by atoms with Crippen molar-refractivity contribution in [2.75, 3.05) is 31.1 Å². The number of carbonyl (C=O) groups excluding carboxylic acids is 1. The van der Waals surface area contributed by atoms with Gasteiger partial charge in [-0.3, -0.25) is 4.90 Å². The predicted octanol–water partition coefficient (Wildman–Crippen LogP) is 2.98. The molecule has 0 atom stereocenters. The van der Waals surface area contributed by atoms with Crippen molar-refractivity contribution >= 4 is 11.7 Å². The van der Waals surface area contributed by atoms with E-state index in [9.17, 15) is 9.18 Å². The van der Waals surface area contributed by atoms with Crippen molar-refractivity contribution in [3.63, 3.8) is 0 Å². The van der Waals surface area contributed by atoms with E-state index in [0.29, 0.717) is 13.1 Å². The number of anilines is 1. The predicted molar refractivity (Wildman–Crippen MR) is 82.9 cm³/mol. The van der Waals surface area contributed by atoms with E-state index in [4.69, 9.17) is 5.73 Å². The van der Waals surface area contributed by atoms with Crippen molar-refractivity contribution in [1.82, 2.24) is 4.90 Å². The summed E-state index contributed by atoms with van der Waals surface area (Å²) >= 11 is 0. The lowest BCUT2D eigenvalue weighted by molar-refractivity contribution is 0.206. The standard InChI is InChI=1S/C16H24FN3O/c17-14-6-8-15(9-7-14)20(13-5-10-18)16(21)19-11-3-1-2-4-12-19/h6-9H,1-5,10-13,18H2. The SMILES string of the molecule is NCCCN(C(=O)N1CCCCCC1)c1ccc(F)cc1. The first-order chi connectivity index (χ1) is 10.2. The van der Waals surface area contributed by atoms with Gasteiger partial charge >= 0.3 is 6.03 Å². The summed E-state index contributed by atoms with van der Waals surface area (Å²) in [6, 6.07) is 6.10. The van der Waals surface area contributed by atoms with Crippen LogP contribution in [0.15, 0.2) is 24.3 Å². The maximum Gasteiger partial charge on any atom is 0.324 e. The number of hydrogen-bond donors (Lipinski definition) is 1. The van der Waals surface area contributed by atoms with Crippen LogP contribution in [0.25, 0.3) is 0 Å². The molecular weight excluding hydrogens is 269 g/mol.